The number of esters is 1. The van der Waals surface area contributed by atoms with Crippen LogP contribution in [0.3, 0.4) is 0 Å². The van der Waals surface area contributed by atoms with Crippen molar-refractivity contribution in [2.45, 2.75) is 31.7 Å². The van der Waals surface area contributed by atoms with Crippen LogP contribution in [0.2, 0.25) is 0 Å². The van der Waals surface area contributed by atoms with E-state index in [1.807, 2.05) is 0 Å². The molecule has 2 rings (SSSR count). The van der Waals surface area contributed by atoms with Crippen LogP contribution in [0.25, 0.3) is 0 Å². The molecule has 6 heteroatoms. The quantitative estimate of drug-likeness (QED) is 0.855. The van der Waals surface area contributed by atoms with Crippen molar-refractivity contribution >= 4 is 11.9 Å². The first-order chi connectivity index (χ1) is 9.63. The lowest BCUT2D eigenvalue weighted by Crippen LogP contribution is -2.45. The molecule has 20 heavy (non-hydrogen) atoms. The van der Waals surface area contributed by atoms with Crippen LogP contribution in [-0.2, 0) is 9.53 Å². The zero-order valence-electron chi connectivity index (χ0n) is 11.3. The minimum Gasteiger partial charge on any atom is -0.469 e. The molecule has 0 spiro atoms. The van der Waals surface area contributed by atoms with E-state index in [4.69, 9.17) is 4.74 Å². The molecule has 1 N–H and O–H groups in total. The number of pyridine rings is 1. The lowest BCUT2D eigenvalue weighted by molar-refractivity contribution is -0.147. The second-order valence-corrected chi connectivity index (χ2v) is 4.85. The fraction of sp³-hybridized carbons (Fsp3) is 0.500. The molecule has 1 aliphatic carbocycles. The summed E-state index contributed by atoms with van der Waals surface area (Å²) in [5, 5.41) is 2.73. The average Bonchev–Trinajstić information content (AvgIpc) is 2.47. The van der Waals surface area contributed by atoms with Crippen LogP contribution in [0.15, 0.2) is 18.5 Å². The lowest BCUT2D eigenvalue weighted by Gasteiger charge is -2.30. The summed E-state index contributed by atoms with van der Waals surface area (Å²) in [6, 6.07) is 1.01. The van der Waals surface area contributed by atoms with Gasteiger partial charge in [-0.25, -0.2) is 4.39 Å². The Morgan fingerprint density at radius 3 is 2.85 bits per heavy atom. The topological polar surface area (TPSA) is 68.3 Å². The van der Waals surface area contributed by atoms with Gasteiger partial charge >= 0.3 is 5.97 Å². The summed E-state index contributed by atoms with van der Waals surface area (Å²) in [7, 11) is 1.33. The molecule has 108 valence electrons. The van der Waals surface area contributed by atoms with Gasteiger partial charge in [0.1, 0.15) is 0 Å². The molecule has 1 saturated carbocycles. The number of hydrogen-bond donors (Lipinski definition) is 1. The van der Waals surface area contributed by atoms with Gasteiger partial charge < -0.3 is 10.1 Å². The Morgan fingerprint density at radius 1 is 1.40 bits per heavy atom. The van der Waals surface area contributed by atoms with Gasteiger partial charge in [-0.05, 0) is 18.9 Å². The molecule has 5 nitrogen and oxygen atoms in total. The molecule has 1 aromatic heterocycles. The Labute approximate surface area is 116 Å². The van der Waals surface area contributed by atoms with E-state index in [9.17, 15) is 14.0 Å². The van der Waals surface area contributed by atoms with Gasteiger partial charge in [-0.3, -0.25) is 14.6 Å². The predicted molar refractivity (Wildman–Crippen MR) is 69.4 cm³/mol. The summed E-state index contributed by atoms with van der Waals surface area (Å²) in [5.41, 5.74) is -0.0609. The Bertz CT molecular complexity index is 507. The van der Waals surface area contributed by atoms with Crippen LogP contribution in [0, 0.1) is 11.7 Å². The zero-order valence-corrected chi connectivity index (χ0v) is 11.3. The molecule has 1 fully saturated rings. The highest BCUT2D eigenvalue weighted by atomic mass is 19.1. The highest BCUT2D eigenvalue weighted by molar-refractivity contribution is 5.94. The molecule has 0 bridgehead atoms. The number of methoxy groups -OCH3 is 1. The number of nitrogens with zero attached hydrogens (tertiary/aromatic N) is 1. The number of halogens is 1. The predicted octanol–water partition coefficient (Wildman–Crippen LogP) is 1.68. The third-order valence-electron chi connectivity index (χ3n) is 3.60. The number of amides is 1. The van der Waals surface area contributed by atoms with E-state index in [2.05, 4.69) is 10.3 Å². The molecule has 0 radical (unpaired) electrons. The van der Waals surface area contributed by atoms with Crippen molar-refractivity contribution in [3.8, 4) is 0 Å². The summed E-state index contributed by atoms with van der Waals surface area (Å²) in [6.07, 6.45) is 5.58. The smallest absolute Gasteiger partial charge is 0.310 e. The lowest BCUT2D eigenvalue weighted by atomic mass is 9.84. The van der Waals surface area contributed by atoms with E-state index in [1.165, 1.54) is 19.4 Å². The maximum atomic E-state index is 13.5. The van der Waals surface area contributed by atoms with Crippen molar-refractivity contribution in [2.24, 2.45) is 5.92 Å². The number of nitrogens with one attached hydrogen (secondary N) is 1. The monoisotopic (exact) mass is 280 g/mol. The molecule has 2 atom stereocenters. The summed E-state index contributed by atoms with van der Waals surface area (Å²) in [4.78, 5) is 27.4. The normalized spacial score (nSPS) is 22.1. The van der Waals surface area contributed by atoms with Crippen molar-refractivity contribution in [3.05, 3.63) is 29.8 Å². The molecule has 0 unspecified atom stereocenters. The van der Waals surface area contributed by atoms with Gasteiger partial charge in [0.15, 0.2) is 5.82 Å². The van der Waals surface area contributed by atoms with Gasteiger partial charge in [0.2, 0.25) is 0 Å². The van der Waals surface area contributed by atoms with Crippen LogP contribution in [0.5, 0.6) is 0 Å². The number of hydrogen-bond acceptors (Lipinski definition) is 4. The number of aromatic nitrogens is 1. The van der Waals surface area contributed by atoms with Crippen LogP contribution in [-0.4, -0.2) is 30.0 Å². The molecular weight excluding hydrogens is 263 g/mol. The standard InChI is InChI=1S/C14H17FN2O3/c1-20-14(19)10-4-2-3-5-12(10)17-13(18)9-6-7-16-8-11(9)15/h6-8,10,12H,2-5H2,1H3,(H,17,18)/t10-,12-/m0/s1. The highest BCUT2D eigenvalue weighted by Crippen LogP contribution is 2.25. The second kappa shape index (κ2) is 6.45. The van der Waals surface area contributed by atoms with Crippen LogP contribution in [0.4, 0.5) is 4.39 Å². The van der Waals surface area contributed by atoms with Crippen molar-refractivity contribution in [1.29, 1.82) is 0 Å². The summed E-state index contributed by atoms with van der Waals surface area (Å²) < 4.78 is 18.3. The highest BCUT2D eigenvalue weighted by Gasteiger charge is 2.33. The fourth-order valence-corrected chi connectivity index (χ4v) is 2.54. The molecule has 1 amide bonds. The van der Waals surface area contributed by atoms with E-state index in [1.54, 1.807) is 0 Å². The van der Waals surface area contributed by atoms with Gasteiger partial charge in [-0.15, -0.1) is 0 Å². The third kappa shape index (κ3) is 3.12. The van der Waals surface area contributed by atoms with E-state index >= 15 is 0 Å². The first-order valence-electron chi connectivity index (χ1n) is 6.61. The number of ether oxygens (including phenoxy) is 1. The van der Waals surface area contributed by atoms with Gasteiger partial charge in [0, 0.05) is 12.2 Å². The first kappa shape index (κ1) is 14.4. The Kier molecular flexibility index (Phi) is 4.65. The Balaban J connectivity index is 2.09. The minimum atomic E-state index is -0.671. The first-order valence-corrected chi connectivity index (χ1v) is 6.61. The summed E-state index contributed by atoms with van der Waals surface area (Å²) in [6.45, 7) is 0. The molecule has 0 aromatic carbocycles. The largest absolute Gasteiger partial charge is 0.469 e. The van der Waals surface area contributed by atoms with Gasteiger partial charge in [-0.1, -0.05) is 12.8 Å². The van der Waals surface area contributed by atoms with Crippen LogP contribution >= 0.6 is 0 Å². The maximum Gasteiger partial charge on any atom is 0.310 e. The van der Waals surface area contributed by atoms with Gasteiger partial charge in [-0.2, -0.15) is 0 Å². The molecule has 1 heterocycles. The fourth-order valence-electron chi connectivity index (χ4n) is 2.54. The number of rotatable bonds is 3. The van der Waals surface area contributed by atoms with Crippen LogP contribution in [0.1, 0.15) is 36.0 Å². The van der Waals surface area contributed by atoms with Crippen molar-refractivity contribution in [2.75, 3.05) is 7.11 Å². The van der Waals surface area contributed by atoms with Crippen molar-refractivity contribution in [1.82, 2.24) is 10.3 Å². The van der Waals surface area contributed by atoms with E-state index in [-0.39, 0.29) is 23.5 Å². The molecule has 0 saturated heterocycles. The second-order valence-electron chi connectivity index (χ2n) is 4.85. The Hall–Kier alpha value is -1.98. The van der Waals surface area contributed by atoms with Gasteiger partial charge in [0.25, 0.3) is 5.91 Å². The molecule has 1 aliphatic rings. The molecule has 1 aromatic rings. The number of carbonyl (C=O) groups excluding carboxylic acids is 2. The SMILES string of the molecule is COC(=O)[C@H]1CCCC[C@@H]1NC(=O)c1ccncc1F. The van der Waals surface area contributed by atoms with Crippen molar-refractivity contribution in [3.63, 3.8) is 0 Å². The minimum absolute atomic E-state index is 0.0609. The Morgan fingerprint density at radius 2 is 2.15 bits per heavy atom. The summed E-state index contributed by atoms with van der Waals surface area (Å²) >= 11 is 0. The van der Waals surface area contributed by atoms with E-state index in [0.29, 0.717) is 12.8 Å². The number of carbonyl (C=O) groups is 2. The van der Waals surface area contributed by atoms with E-state index < -0.39 is 11.7 Å². The van der Waals surface area contributed by atoms with Gasteiger partial charge in [0.05, 0.1) is 24.8 Å². The van der Waals surface area contributed by atoms with Crippen molar-refractivity contribution < 1.29 is 18.7 Å². The zero-order chi connectivity index (χ0) is 14.5. The maximum absolute atomic E-state index is 13.5. The van der Waals surface area contributed by atoms with Crippen LogP contribution < -0.4 is 5.32 Å². The average molecular weight is 280 g/mol. The summed E-state index contributed by atoms with van der Waals surface area (Å²) in [5.74, 6) is -1.88. The van der Waals surface area contributed by atoms with E-state index in [0.717, 1.165) is 19.0 Å². The molecule has 0 aliphatic heterocycles. The molecular formula is C14H17FN2O3. The third-order valence-corrected chi connectivity index (χ3v) is 3.60.